The summed E-state index contributed by atoms with van der Waals surface area (Å²) in [6.07, 6.45) is 0. The zero-order valence-electron chi connectivity index (χ0n) is 11.9. The van der Waals surface area contributed by atoms with Crippen LogP contribution in [0, 0.1) is 11.7 Å². The Labute approximate surface area is 113 Å². The molecule has 1 unspecified atom stereocenters. The van der Waals surface area contributed by atoms with Crippen molar-refractivity contribution in [3.8, 4) is 0 Å². The van der Waals surface area contributed by atoms with Crippen molar-refractivity contribution in [1.29, 1.82) is 0 Å². The van der Waals surface area contributed by atoms with E-state index in [0.29, 0.717) is 17.4 Å². The first-order chi connectivity index (χ1) is 8.90. The van der Waals surface area contributed by atoms with Crippen molar-refractivity contribution in [2.75, 3.05) is 26.4 Å². The van der Waals surface area contributed by atoms with Crippen LogP contribution in [0.2, 0.25) is 0 Å². The Bertz CT molecular complexity index is 574. The van der Waals surface area contributed by atoms with E-state index in [2.05, 4.69) is 23.7 Å². The number of likely N-dealkylation sites (N-methyl/N-ethyl adjacent to an activating group) is 1. The van der Waals surface area contributed by atoms with Gasteiger partial charge in [0.15, 0.2) is 0 Å². The lowest BCUT2D eigenvalue weighted by Crippen LogP contribution is -2.28. The van der Waals surface area contributed by atoms with Crippen molar-refractivity contribution in [1.82, 2.24) is 14.5 Å². The van der Waals surface area contributed by atoms with Gasteiger partial charge >= 0.3 is 0 Å². The molecule has 0 bridgehead atoms. The first-order valence-corrected chi connectivity index (χ1v) is 6.48. The summed E-state index contributed by atoms with van der Waals surface area (Å²) in [5.41, 5.74) is 7.53. The molecule has 0 spiro atoms. The third-order valence-electron chi connectivity index (χ3n) is 3.33. The predicted octanol–water partition coefficient (Wildman–Crippen LogP) is 2.52. The molecule has 4 nitrogen and oxygen atoms in total. The number of benzene rings is 1. The van der Waals surface area contributed by atoms with Crippen LogP contribution >= 0.6 is 0 Å². The van der Waals surface area contributed by atoms with Gasteiger partial charge in [-0.15, -0.1) is 0 Å². The molecule has 5 heteroatoms. The highest BCUT2D eigenvalue weighted by atomic mass is 19.1. The fourth-order valence-electron chi connectivity index (χ4n) is 2.40. The third-order valence-corrected chi connectivity index (χ3v) is 3.33. The van der Waals surface area contributed by atoms with Crippen molar-refractivity contribution in [2.45, 2.75) is 19.9 Å². The number of fused-ring (bicyclic) bond motifs is 1. The number of hydrogen-bond donors (Lipinski definition) is 1. The second kappa shape index (κ2) is 5.17. The summed E-state index contributed by atoms with van der Waals surface area (Å²) in [6.45, 7) is 5.18. The summed E-state index contributed by atoms with van der Waals surface area (Å²) in [4.78, 5) is 6.39. The van der Waals surface area contributed by atoms with Crippen LogP contribution < -0.4 is 5.73 Å². The van der Waals surface area contributed by atoms with Gasteiger partial charge in [0.2, 0.25) is 5.95 Å². The smallest absolute Gasteiger partial charge is 0.201 e. The standard InChI is InChI=1S/C14H21FN4/c1-9(2)13(8-18(3)4)19-12-6-5-10(15)7-11(12)17-14(19)16/h5-7,9,13H,8H2,1-4H3,(H2,16,17). The highest BCUT2D eigenvalue weighted by Crippen LogP contribution is 2.28. The molecule has 2 aromatic rings. The van der Waals surface area contributed by atoms with E-state index in [1.165, 1.54) is 12.1 Å². The van der Waals surface area contributed by atoms with Gasteiger partial charge in [-0.2, -0.15) is 0 Å². The molecule has 0 radical (unpaired) electrons. The van der Waals surface area contributed by atoms with Crippen LogP contribution in [0.4, 0.5) is 10.3 Å². The van der Waals surface area contributed by atoms with Gasteiger partial charge in [0.25, 0.3) is 0 Å². The summed E-state index contributed by atoms with van der Waals surface area (Å²) < 4.78 is 15.3. The van der Waals surface area contributed by atoms with Gasteiger partial charge in [-0.3, -0.25) is 0 Å². The molecule has 104 valence electrons. The molecule has 0 saturated heterocycles. The average Bonchev–Trinajstić information content (AvgIpc) is 2.60. The molecule has 0 fully saturated rings. The Morgan fingerprint density at radius 3 is 2.63 bits per heavy atom. The Kier molecular flexibility index (Phi) is 3.75. The first kappa shape index (κ1) is 13.8. The second-order valence-electron chi connectivity index (χ2n) is 5.55. The van der Waals surface area contributed by atoms with Crippen LogP contribution in [0.15, 0.2) is 18.2 Å². The SMILES string of the molecule is CC(C)C(CN(C)C)n1c(N)nc2cc(F)ccc21. The third kappa shape index (κ3) is 2.71. The highest BCUT2D eigenvalue weighted by molar-refractivity contribution is 5.78. The molecule has 1 atom stereocenters. The first-order valence-electron chi connectivity index (χ1n) is 6.48. The molecule has 1 aromatic carbocycles. The van der Waals surface area contributed by atoms with E-state index in [-0.39, 0.29) is 11.9 Å². The van der Waals surface area contributed by atoms with E-state index in [0.717, 1.165) is 12.1 Å². The van der Waals surface area contributed by atoms with Gasteiger partial charge < -0.3 is 15.2 Å². The number of imidazole rings is 1. The van der Waals surface area contributed by atoms with Crippen molar-refractivity contribution >= 4 is 17.0 Å². The Morgan fingerprint density at radius 2 is 2.05 bits per heavy atom. The molecule has 0 aliphatic carbocycles. The fraction of sp³-hybridized carbons (Fsp3) is 0.500. The maximum atomic E-state index is 13.2. The number of rotatable bonds is 4. The molecule has 19 heavy (non-hydrogen) atoms. The topological polar surface area (TPSA) is 47.1 Å². The molecular weight excluding hydrogens is 243 g/mol. The number of nitrogens with zero attached hydrogens (tertiary/aromatic N) is 3. The van der Waals surface area contributed by atoms with Gasteiger partial charge in [0, 0.05) is 12.6 Å². The van der Waals surface area contributed by atoms with Crippen molar-refractivity contribution in [3.05, 3.63) is 24.0 Å². The Hall–Kier alpha value is -1.62. The summed E-state index contributed by atoms with van der Waals surface area (Å²) >= 11 is 0. The summed E-state index contributed by atoms with van der Waals surface area (Å²) in [5.74, 6) is 0.569. The fourth-order valence-corrected chi connectivity index (χ4v) is 2.40. The van der Waals surface area contributed by atoms with Crippen molar-refractivity contribution in [3.63, 3.8) is 0 Å². The minimum Gasteiger partial charge on any atom is -0.369 e. The highest BCUT2D eigenvalue weighted by Gasteiger charge is 2.21. The van der Waals surface area contributed by atoms with E-state index >= 15 is 0 Å². The van der Waals surface area contributed by atoms with Crippen LogP contribution in [-0.2, 0) is 0 Å². The quantitative estimate of drug-likeness (QED) is 0.923. The normalized spacial score (nSPS) is 13.6. The van der Waals surface area contributed by atoms with E-state index in [1.54, 1.807) is 6.07 Å². The van der Waals surface area contributed by atoms with E-state index < -0.39 is 0 Å². The van der Waals surface area contributed by atoms with Gasteiger partial charge in [-0.1, -0.05) is 13.8 Å². The number of anilines is 1. The summed E-state index contributed by atoms with van der Waals surface area (Å²) in [7, 11) is 4.06. The van der Waals surface area contributed by atoms with Crippen LogP contribution in [-0.4, -0.2) is 35.1 Å². The maximum Gasteiger partial charge on any atom is 0.201 e. The number of nitrogen functional groups attached to an aromatic ring is 1. The van der Waals surface area contributed by atoms with E-state index in [9.17, 15) is 4.39 Å². The summed E-state index contributed by atoms with van der Waals surface area (Å²) in [5, 5.41) is 0. The zero-order valence-corrected chi connectivity index (χ0v) is 11.9. The second-order valence-corrected chi connectivity index (χ2v) is 5.55. The number of aromatic nitrogens is 2. The predicted molar refractivity (Wildman–Crippen MR) is 76.5 cm³/mol. The van der Waals surface area contributed by atoms with E-state index in [1.807, 2.05) is 18.7 Å². The minimum atomic E-state index is -0.286. The monoisotopic (exact) mass is 264 g/mol. The minimum absolute atomic E-state index is 0.213. The van der Waals surface area contributed by atoms with Crippen LogP contribution in [0.5, 0.6) is 0 Å². The van der Waals surface area contributed by atoms with Crippen LogP contribution in [0.25, 0.3) is 11.0 Å². The molecule has 1 aromatic heterocycles. The summed E-state index contributed by atoms with van der Waals surface area (Å²) in [6, 6.07) is 4.84. The lowest BCUT2D eigenvalue weighted by molar-refractivity contribution is 0.275. The molecule has 0 aliphatic rings. The maximum absolute atomic E-state index is 13.2. The van der Waals surface area contributed by atoms with E-state index in [4.69, 9.17) is 5.73 Å². The van der Waals surface area contributed by atoms with Crippen LogP contribution in [0.1, 0.15) is 19.9 Å². The Balaban J connectivity index is 2.55. The molecule has 0 amide bonds. The zero-order chi connectivity index (χ0) is 14.2. The van der Waals surface area contributed by atoms with Gasteiger partial charge in [0.1, 0.15) is 5.82 Å². The molecule has 2 N–H and O–H groups in total. The van der Waals surface area contributed by atoms with Crippen LogP contribution in [0.3, 0.4) is 0 Å². The van der Waals surface area contributed by atoms with Crippen molar-refractivity contribution in [2.24, 2.45) is 5.92 Å². The van der Waals surface area contributed by atoms with Crippen molar-refractivity contribution < 1.29 is 4.39 Å². The molecule has 2 rings (SSSR count). The lowest BCUT2D eigenvalue weighted by atomic mass is 10.0. The van der Waals surface area contributed by atoms with Gasteiger partial charge in [-0.05, 0) is 32.1 Å². The Morgan fingerprint density at radius 1 is 1.37 bits per heavy atom. The number of nitrogens with two attached hydrogens (primary N) is 1. The van der Waals surface area contributed by atoms with Gasteiger partial charge in [-0.25, -0.2) is 9.37 Å². The lowest BCUT2D eigenvalue weighted by Gasteiger charge is -2.27. The molecule has 1 heterocycles. The molecule has 0 aliphatic heterocycles. The largest absolute Gasteiger partial charge is 0.369 e. The van der Waals surface area contributed by atoms with Gasteiger partial charge in [0.05, 0.1) is 17.1 Å². The molecule has 0 saturated carbocycles. The molecular formula is C14H21FN4. The number of halogens is 1. The average molecular weight is 264 g/mol. The number of hydrogen-bond acceptors (Lipinski definition) is 3.